The molecule has 5 nitrogen and oxygen atoms in total. The predicted octanol–water partition coefficient (Wildman–Crippen LogP) is 0.677. The van der Waals surface area contributed by atoms with Crippen molar-refractivity contribution in [2.45, 2.75) is 24.9 Å². The van der Waals surface area contributed by atoms with Crippen LogP contribution in [0.2, 0.25) is 0 Å². The molecule has 0 radical (unpaired) electrons. The number of ether oxygens (including phenoxy) is 1. The van der Waals surface area contributed by atoms with Gasteiger partial charge in [-0.1, -0.05) is 0 Å². The molecule has 3 atom stereocenters. The first-order chi connectivity index (χ1) is 8.29. The van der Waals surface area contributed by atoms with Crippen LogP contribution in [0.25, 0.3) is 10.9 Å². The molecule has 2 aromatic rings. The highest BCUT2D eigenvalue weighted by molar-refractivity contribution is 5.78. The number of hydrogen-bond acceptors (Lipinski definition) is 4. The molecule has 1 saturated heterocycles. The van der Waals surface area contributed by atoms with E-state index in [1.54, 1.807) is 12.4 Å². The number of rotatable bonds is 2. The van der Waals surface area contributed by atoms with Gasteiger partial charge in [-0.05, 0) is 12.1 Å². The normalized spacial score (nSPS) is 28.9. The van der Waals surface area contributed by atoms with Crippen molar-refractivity contribution in [3.63, 3.8) is 0 Å². The smallest absolute Gasteiger partial charge is 0.137 e. The van der Waals surface area contributed by atoms with Gasteiger partial charge >= 0.3 is 0 Å². The zero-order valence-electron chi connectivity index (χ0n) is 9.23. The van der Waals surface area contributed by atoms with Gasteiger partial charge < -0.3 is 19.5 Å². The predicted molar refractivity (Wildman–Crippen MR) is 61.4 cm³/mol. The van der Waals surface area contributed by atoms with Crippen LogP contribution in [0.1, 0.15) is 12.6 Å². The summed E-state index contributed by atoms with van der Waals surface area (Å²) in [5, 5.41) is 19.8. The lowest BCUT2D eigenvalue weighted by atomic mass is 10.2. The Bertz CT molecular complexity index is 525. The highest BCUT2D eigenvalue weighted by atomic mass is 16.5. The average Bonchev–Trinajstić information content (AvgIpc) is 2.92. The fraction of sp³-hybridized carbons (Fsp3) is 0.417. The Kier molecular flexibility index (Phi) is 2.58. The molecule has 1 fully saturated rings. The van der Waals surface area contributed by atoms with Gasteiger partial charge in [-0.3, -0.25) is 4.98 Å². The summed E-state index contributed by atoms with van der Waals surface area (Å²) in [7, 11) is 0. The van der Waals surface area contributed by atoms with E-state index in [2.05, 4.69) is 4.98 Å². The minimum Gasteiger partial charge on any atom is -0.394 e. The third-order valence-electron chi connectivity index (χ3n) is 3.22. The molecule has 0 aliphatic carbocycles. The molecule has 0 bridgehead atoms. The Morgan fingerprint density at radius 2 is 2.35 bits per heavy atom. The van der Waals surface area contributed by atoms with Crippen molar-refractivity contribution < 1.29 is 14.9 Å². The summed E-state index contributed by atoms with van der Waals surface area (Å²) in [5.41, 5.74) is 1.02. The number of aliphatic hydroxyl groups is 2. The van der Waals surface area contributed by atoms with Crippen LogP contribution in [0.15, 0.2) is 30.7 Å². The van der Waals surface area contributed by atoms with Crippen LogP contribution >= 0.6 is 0 Å². The van der Waals surface area contributed by atoms with Crippen molar-refractivity contribution in [1.29, 1.82) is 0 Å². The van der Waals surface area contributed by atoms with Crippen molar-refractivity contribution >= 4 is 10.9 Å². The Morgan fingerprint density at radius 3 is 3.12 bits per heavy atom. The van der Waals surface area contributed by atoms with Gasteiger partial charge in [-0.2, -0.15) is 0 Å². The van der Waals surface area contributed by atoms with E-state index in [1.807, 2.05) is 22.9 Å². The first kappa shape index (κ1) is 10.7. The lowest BCUT2D eigenvalue weighted by Crippen LogP contribution is -2.24. The standard InChI is InChI=1S/C12H14N2O3/c15-7-11-10(16)5-12(17-11)14-4-2-8-6-13-3-1-9(8)14/h1-4,6,10-12,15-16H,5,7H2/t10-,11+,12+/m1/s1. The van der Waals surface area contributed by atoms with E-state index in [4.69, 9.17) is 9.84 Å². The molecule has 0 aromatic carbocycles. The van der Waals surface area contributed by atoms with Crippen molar-refractivity contribution in [2.24, 2.45) is 0 Å². The summed E-state index contributed by atoms with van der Waals surface area (Å²) >= 11 is 0. The molecular weight excluding hydrogens is 220 g/mol. The number of aromatic nitrogens is 2. The quantitative estimate of drug-likeness (QED) is 0.801. The summed E-state index contributed by atoms with van der Waals surface area (Å²) in [6, 6.07) is 3.88. The average molecular weight is 234 g/mol. The van der Waals surface area contributed by atoms with E-state index < -0.39 is 12.2 Å². The fourth-order valence-corrected chi connectivity index (χ4v) is 2.31. The molecule has 0 unspecified atom stereocenters. The van der Waals surface area contributed by atoms with Crippen LogP contribution in [0.4, 0.5) is 0 Å². The van der Waals surface area contributed by atoms with Crippen LogP contribution in [0, 0.1) is 0 Å². The molecule has 2 N–H and O–H groups in total. The Morgan fingerprint density at radius 1 is 1.47 bits per heavy atom. The Labute approximate surface area is 98.3 Å². The summed E-state index contributed by atoms with van der Waals surface area (Å²) in [6.45, 7) is -0.154. The van der Waals surface area contributed by atoms with Gasteiger partial charge in [-0.25, -0.2) is 0 Å². The van der Waals surface area contributed by atoms with Gasteiger partial charge in [-0.15, -0.1) is 0 Å². The van der Waals surface area contributed by atoms with Crippen LogP contribution in [-0.2, 0) is 4.74 Å². The molecule has 0 spiro atoms. The van der Waals surface area contributed by atoms with Crippen LogP contribution < -0.4 is 0 Å². The van der Waals surface area contributed by atoms with Crippen LogP contribution in [0.5, 0.6) is 0 Å². The number of fused-ring (bicyclic) bond motifs is 1. The van der Waals surface area contributed by atoms with E-state index in [9.17, 15) is 5.11 Å². The second kappa shape index (κ2) is 4.10. The third kappa shape index (κ3) is 1.72. The van der Waals surface area contributed by atoms with Crippen molar-refractivity contribution in [3.05, 3.63) is 30.7 Å². The van der Waals surface area contributed by atoms with E-state index in [1.165, 1.54) is 0 Å². The highest BCUT2D eigenvalue weighted by Gasteiger charge is 2.34. The monoisotopic (exact) mass is 234 g/mol. The fourth-order valence-electron chi connectivity index (χ4n) is 2.31. The molecule has 5 heteroatoms. The molecule has 17 heavy (non-hydrogen) atoms. The van der Waals surface area contributed by atoms with Gasteiger partial charge in [0.25, 0.3) is 0 Å². The zero-order chi connectivity index (χ0) is 11.8. The maximum atomic E-state index is 9.72. The van der Waals surface area contributed by atoms with E-state index in [0.717, 1.165) is 10.9 Å². The molecule has 1 aliphatic heterocycles. The van der Waals surface area contributed by atoms with Gasteiger partial charge in [0.05, 0.1) is 18.2 Å². The van der Waals surface area contributed by atoms with Gasteiger partial charge in [0.2, 0.25) is 0 Å². The van der Waals surface area contributed by atoms with Crippen LogP contribution in [0.3, 0.4) is 0 Å². The maximum Gasteiger partial charge on any atom is 0.137 e. The number of hydrogen-bond donors (Lipinski definition) is 2. The summed E-state index contributed by atoms with van der Waals surface area (Å²) in [6.07, 6.45) is 4.63. The third-order valence-corrected chi connectivity index (χ3v) is 3.22. The number of aliphatic hydroxyl groups excluding tert-OH is 2. The molecule has 3 rings (SSSR count). The Balaban J connectivity index is 1.95. The van der Waals surface area contributed by atoms with Gasteiger partial charge in [0.1, 0.15) is 12.3 Å². The molecule has 1 aliphatic rings. The minimum atomic E-state index is -0.607. The molecule has 0 amide bonds. The largest absolute Gasteiger partial charge is 0.394 e. The van der Waals surface area contributed by atoms with Gasteiger partial charge in [0.15, 0.2) is 0 Å². The maximum absolute atomic E-state index is 9.72. The molecule has 0 saturated carbocycles. The number of pyridine rings is 1. The molecule has 3 heterocycles. The van der Waals surface area contributed by atoms with Crippen molar-refractivity contribution in [1.82, 2.24) is 9.55 Å². The van der Waals surface area contributed by atoms with Gasteiger partial charge in [0, 0.05) is 30.4 Å². The molecule has 2 aromatic heterocycles. The second-order valence-corrected chi connectivity index (χ2v) is 4.27. The zero-order valence-corrected chi connectivity index (χ0v) is 9.23. The lowest BCUT2D eigenvalue weighted by Gasteiger charge is -2.14. The molecule has 90 valence electrons. The summed E-state index contributed by atoms with van der Waals surface area (Å²) < 4.78 is 7.59. The topological polar surface area (TPSA) is 67.5 Å². The van der Waals surface area contributed by atoms with Crippen molar-refractivity contribution in [3.8, 4) is 0 Å². The molecular formula is C12H14N2O3. The first-order valence-electron chi connectivity index (χ1n) is 5.64. The first-order valence-corrected chi connectivity index (χ1v) is 5.64. The SMILES string of the molecule is OC[C@@H]1O[C@H](n2ccc3cnccc32)C[C@H]1O. The number of nitrogens with zero attached hydrogens (tertiary/aromatic N) is 2. The summed E-state index contributed by atoms with van der Waals surface area (Å²) in [5.74, 6) is 0. The highest BCUT2D eigenvalue weighted by Crippen LogP contribution is 2.31. The van der Waals surface area contributed by atoms with E-state index in [-0.39, 0.29) is 12.8 Å². The van der Waals surface area contributed by atoms with E-state index >= 15 is 0 Å². The summed E-state index contributed by atoms with van der Waals surface area (Å²) in [4.78, 5) is 4.06. The van der Waals surface area contributed by atoms with Crippen LogP contribution in [-0.4, -0.2) is 38.6 Å². The lowest BCUT2D eigenvalue weighted by molar-refractivity contribution is -0.0428. The minimum absolute atomic E-state index is 0.154. The Hall–Kier alpha value is -1.43. The van der Waals surface area contributed by atoms with E-state index in [0.29, 0.717) is 6.42 Å². The second-order valence-electron chi connectivity index (χ2n) is 4.27. The van der Waals surface area contributed by atoms with Crippen molar-refractivity contribution in [2.75, 3.05) is 6.61 Å².